The summed E-state index contributed by atoms with van der Waals surface area (Å²) < 4.78 is 31.3. The van der Waals surface area contributed by atoms with Crippen molar-refractivity contribution in [2.24, 2.45) is 0 Å². The molecule has 0 bridgehead atoms. The third-order valence-electron chi connectivity index (χ3n) is 2.58. The summed E-state index contributed by atoms with van der Waals surface area (Å²) in [5.41, 5.74) is 0.447. The van der Waals surface area contributed by atoms with Gasteiger partial charge in [-0.3, -0.25) is 9.35 Å². The van der Waals surface area contributed by atoms with Crippen LogP contribution in [-0.2, 0) is 10.1 Å². The molecule has 0 fully saturated rings. The summed E-state index contributed by atoms with van der Waals surface area (Å²) in [5.74, 6) is -0.400. The van der Waals surface area contributed by atoms with Crippen LogP contribution in [0.1, 0.15) is 15.9 Å². The number of hydrogen-bond acceptors (Lipinski definition) is 3. The molecule has 0 aliphatic carbocycles. The van der Waals surface area contributed by atoms with Gasteiger partial charge in [0.2, 0.25) is 0 Å². The molecule has 8 heteroatoms. The molecule has 0 spiro atoms. The molecule has 0 atom stereocenters. The molecule has 0 aliphatic rings. The summed E-state index contributed by atoms with van der Waals surface area (Å²) in [6.07, 6.45) is 0. The van der Waals surface area contributed by atoms with Crippen LogP contribution >= 0.6 is 23.2 Å². The van der Waals surface area contributed by atoms with E-state index in [-0.39, 0.29) is 48.3 Å². The van der Waals surface area contributed by atoms with Gasteiger partial charge in [0.15, 0.2) is 5.78 Å². The van der Waals surface area contributed by atoms with Crippen molar-refractivity contribution in [3.63, 3.8) is 0 Å². The SMILES string of the molecule is O=C(c1ccc(Cl)cc1)c1ccc(Cl)c(S(=O)(=O)O)c1.[CaH2]. The normalized spacial score (nSPS) is 10.8. The molecule has 1 N–H and O–H groups in total. The Bertz CT molecular complexity index is 773. The van der Waals surface area contributed by atoms with E-state index < -0.39 is 20.8 Å². The van der Waals surface area contributed by atoms with E-state index in [4.69, 9.17) is 27.8 Å². The van der Waals surface area contributed by atoms with Gasteiger partial charge < -0.3 is 0 Å². The van der Waals surface area contributed by atoms with Gasteiger partial charge in [0, 0.05) is 16.1 Å². The first-order valence-electron chi connectivity index (χ1n) is 5.36. The Morgan fingerprint density at radius 3 is 2.00 bits per heavy atom. The van der Waals surface area contributed by atoms with Gasteiger partial charge in [0.25, 0.3) is 10.1 Å². The van der Waals surface area contributed by atoms with Gasteiger partial charge >= 0.3 is 37.7 Å². The van der Waals surface area contributed by atoms with Gasteiger partial charge in [-0.1, -0.05) is 23.2 Å². The van der Waals surface area contributed by atoms with E-state index >= 15 is 0 Å². The topological polar surface area (TPSA) is 71.4 Å². The standard InChI is InChI=1S/C13H8Cl2O4S.Ca.2H/c14-10-4-1-8(2-5-10)13(16)9-3-6-11(15)12(7-9)20(17,18)19;;;/h1-7H,(H,17,18,19);;;. The van der Waals surface area contributed by atoms with Gasteiger partial charge in [-0.15, -0.1) is 0 Å². The minimum atomic E-state index is -4.48. The third kappa shape index (κ3) is 4.66. The molecule has 4 nitrogen and oxygen atoms in total. The molecule has 0 unspecified atom stereocenters. The van der Waals surface area contributed by atoms with Crippen LogP contribution in [0.2, 0.25) is 10.0 Å². The number of carbonyl (C=O) groups excluding carboxylic acids is 1. The molecular weight excluding hydrogens is 363 g/mol. The maximum absolute atomic E-state index is 12.2. The average Bonchev–Trinajstić information content (AvgIpc) is 2.38. The minimum absolute atomic E-state index is 0. The van der Waals surface area contributed by atoms with Crippen molar-refractivity contribution in [3.8, 4) is 0 Å². The van der Waals surface area contributed by atoms with Crippen LogP contribution in [0.15, 0.2) is 47.4 Å². The Hall–Kier alpha value is -0.140. The van der Waals surface area contributed by atoms with E-state index in [0.29, 0.717) is 10.6 Å². The van der Waals surface area contributed by atoms with Crippen LogP contribution in [0, 0.1) is 0 Å². The first-order chi connectivity index (χ1) is 9.29. The first kappa shape index (κ1) is 18.9. The number of carbonyl (C=O) groups is 1. The quantitative estimate of drug-likeness (QED) is 0.510. The summed E-state index contributed by atoms with van der Waals surface area (Å²) in [7, 11) is -4.48. The van der Waals surface area contributed by atoms with Crippen molar-refractivity contribution in [1.29, 1.82) is 0 Å². The molecule has 21 heavy (non-hydrogen) atoms. The molecule has 2 aromatic carbocycles. The molecule has 0 saturated heterocycles. The van der Waals surface area contributed by atoms with Crippen LogP contribution in [0.4, 0.5) is 0 Å². The monoisotopic (exact) mass is 372 g/mol. The molecule has 0 heterocycles. The van der Waals surface area contributed by atoms with Gasteiger partial charge in [0.1, 0.15) is 4.90 Å². The summed E-state index contributed by atoms with van der Waals surface area (Å²) in [6.45, 7) is 0. The van der Waals surface area contributed by atoms with Gasteiger partial charge in [0.05, 0.1) is 5.02 Å². The Kier molecular flexibility index (Phi) is 6.68. The second kappa shape index (κ2) is 7.42. The van der Waals surface area contributed by atoms with Gasteiger partial charge in [-0.05, 0) is 42.5 Å². The van der Waals surface area contributed by atoms with E-state index in [1.807, 2.05) is 0 Å². The Morgan fingerprint density at radius 2 is 1.48 bits per heavy atom. The molecule has 2 rings (SSSR count). The summed E-state index contributed by atoms with van der Waals surface area (Å²) >= 11 is 11.4. The fourth-order valence-corrected chi connectivity index (χ4v) is 2.74. The van der Waals surface area contributed by atoms with Crippen LogP contribution in [-0.4, -0.2) is 56.5 Å². The molecule has 0 radical (unpaired) electrons. The van der Waals surface area contributed by atoms with Crippen LogP contribution in [0.3, 0.4) is 0 Å². The zero-order chi connectivity index (χ0) is 14.9. The number of benzene rings is 2. The van der Waals surface area contributed by atoms with Crippen molar-refractivity contribution in [2.45, 2.75) is 4.90 Å². The predicted octanol–water partition coefficient (Wildman–Crippen LogP) is 2.55. The maximum atomic E-state index is 12.2. The Morgan fingerprint density at radius 1 is 0.952 bits per heavy atom. The number of rotatable bonds is 3. The van der Waals surface area contributed by atoms with E-state index in [2.05, 4.69) is 0 Å². The predicted molar refractivity (Wildman–Crippen MR) is 84.7 cm³/mol. The van der Waals surface area contributed by atoms with E-state index in [9.17, 15) is 13.2 Å². The molecule has 2 aromatic rings. The molecule has 0 aromatic heterocycles. The fraction of sp³-hybridized carbons (Fsp3) is 0. The number of halogens is 2. The molecule has 0 amide bonds. The summed E-state index contributed by atoms with van der Waals surface area (Å²) in [5, 5.41) is 0.330. The zero-order valence-corrected chi connectivity index (χ0v) is 12.2. The zero-order valence-electron chi connectivity index (χ0n) is 9.88. The average molecular weight is 373 g/mol. The molecular formula is C13H10CaCl2O4S. The molecule has 108 valence electrons. The Balaban J connectivity index is 0.00000220. The van der Waals surface area contributed by atoms with E-state index in [0.717, 1.165) is 6.07 Å². The summed E-state index contributed by atoms with van der Waals surface area (Å²) in [6, 6.07) is 9.80. The fourth-order valence-electron chi connectivity index (χ4n) is 1.61. The number of hydrogen-bond donors (Lipinski definition) is 1. The van der Waals surface area contributed by atoms with Crippen molar-refractivity contribution in [2.75, 3.05) is 0 Å². The van der Waals surface area contributed by atoms with Crippen molar-refractivity contribution in [3.05, 3.63) is 63.6 Å². The second-order valence-electron chi connectivity index (χ2n) is 3.96. The van der Waals surface area contributed by atoms with Crippen LogP contribution in [0.25, 0.3) is 0 Å². The first-order valence-corrected chi connectivity index (χ1v) is 7.56. The summed E-state index contributed by atoms with van der Waals surface area (Å²) in [4.78, 5) is 11.7. The molecule has 0 aliphatic heterocycles. The third-order valence-corrected chi connectivity index (χ3v) is 4.16. The second-order valence-corrected chi connectivity index (χ2v) is 6.19. The number of ketones is 1. The van der Waals surface area contributed by atoms with Gasteiger partial charge in [-0.2, -0.15) is 8.42 Å². The van der Waals surface area contributed by atoms with Crippen LogP contribution < -0.4 is 0 Å². The Labute approximate surface area is 161 Å². The van der Waals surface area contributed by atoms with Crippen molar-refractivity contribution in [1.82, 2.24) is 0 Å². The van der Waals surface area contributed by atoms with Crippen molar-refractivity contribution < 1.29 is 17.8 Å². The van der Waals surface area contributed by atoms with Crippen molar-refractivity contribution >= 4 is 76.8 Å². The van der Waals surface area contributed by atoms with E-state index in [1.54, 1.807) is 12.1 Å². The van der Waals surface area contributed by atoms with Crippen LogP contribution in [0.5, 0.6) is 0 Å². The van der Waals surface area contributed by atoms with Gasteiger partial charge in [-0.25, -0.2) is 0 Å². The molecule has 0 saturated carbocycles. The van der Waals surface area contributed by atoms with E-state index in [1.165, 1.54) is 24.3 Å².